The molecule has 5 heteroatoms. The normalized spacial score (nSPS) is 10.9. The second kappa shape index (κ2) is 14.0. The van der Waals surface area contributed by atoms with Crippen molar-refractivity contribution in [3.63, 3.8) is 0 Å². The van der Waals surface area contributed by atoms with E-state index < -0.39 is 0 Å². The predicted molar refractivity (Wildman–Crippen MR) is 200 cm³/mol. The average Bonchev–Trinajstić information content (AvgIpc) is 3.10. The third-order valence-electron chi connectivity index (χ3n) is 8.66. The van der Waals surface area contributed by atoms with Crippen molar-refractivity contribution in [3.8, 4) is 0 Å². The average molecular weight is 618 g/mol. The Balaban J connectivity index is 1.50. The molecule has 236 valence electrons. The lowest BCUT2D eigenvalue weighted by molar-refractivity contribution is 1.07. The van der Waals surface area contributed by atoms with Crippen molar-refractivity contribution in [1.29, 1.82) is 0 Å². The molecule has 47 heavy (non-hydrogen) atoms. The lowest BCUT2D eigenvalue weighted by atomic mass is 10.0. The molecule has 6 aromatic rings. The molecule has 0 bridgehead atoms. The summed E-state index contributed by atoms with van der Waals surface area (Å²) < 4.78 is 0. The molecule has 0 saturated heterocycles. The fourth-order valence-electron chi connectivity index (χ4n) is 6.18. The van der Waals surface area contributed by atoms with Gasteiger partial charge in [0.1, 0.15) is 0 Å². The minimum Gasteiger partial charge on any atom is -0.355 e. The highest BCUT2D eigenvalue weighted by Crippen LogP contribution is 2.44. The minimum atomic E-state index is 0.477. The van der Waals surface area contributed by atoms with Gasteiger partial charge >= 0.3 is 0 Å². The van der Waals surface area contributed by atoms with Gasteiger partial charge in [0.05, 0.1) is 0 Å². The van der Waals surface area contributed by atoms with E-state index >= 15 is 0 Å². The first-order chi connectivity index (χ1) is 22.9. The molecule has 0 heterocycles. The van der Waals surface area contributed by atoms with Crippen molar-refractivity contribution in [2.24, 2.45) is 11.5 Å². The number of hydrogen-bond donors (Lipinski definition) is 3. The van der Waals surface area contributed by atoms with Gasteiger partial charge in [-0.2, -0.15) is 0 Å². The van der Waals surface area contributed by atoms with E-state index in [1.807, 2.05) is 18.2 Å². The van der Waals surface area contributed by atoms with Crippen LogP contribution >= 0.6 is 0 Å². The largest absolute Gasteiger partial charge is 0.355 e. The number of rotatable bonds is 10. The Labute approximate surface area is 279 Å². The summed E-state index contributed by atoms with van der Waals surface area (Å²) in [6.45, 7) is 9.71. The van der Waals surface area contributed by atoms with Gasteiger partial charge in [-0.15, -0.1) is 0 Å². The van der Waals surface area contributed by atoms with E-state index in [0.717, 1.165) is 78.9 Å². The van der Waals surface area contributed by atoms with Gasteiger partial charge in [0.25, 0.3) is 0 Å². The van der Waals surface area contributed by atoms with Crippen LogP contribution in [0.1, 0.15) is 33.4 Å². The Hall–Kier alpha value is -5.36. The van der Waals surface area contributed by atoms with E-state index in [1.54, 1.807) is 0 Å². The molecule has 0 radical (unpaired) electrons. The molecular weight excluding hydrogens is 574 g/mol. The lowest BCUT2D eigenvalue weighted by Crippen LogP contribution is -2.16. The molecule has 0 aliphatic rings. The molecule has 6 aromatic carbocycles. The van der Waals surface area contributed by atoms with Crippen molar-refractivity contribution >= 4 is 45.5 Å². The monoisotopic (exact) mass is 617 g/mol. The molecule has 0 aromatic heterocycles. The number of nitrogens with one attached hydrogen (secondary N) is 1. The Morgan fingerprint density at radius 2 is 0.894 bits per heavy atom. The topological polar surface area (TPSA) is 70.5 Å². The quantitative estimate of drug-likeness (QED) is 0.143. The summed E-state index contributed by atoms with van der Waals surface area (Å²) in [6, 6.07) is 47.0. The summed E-state index contributed by atoms with van der Waals surface area (Å²) >= 11 is 0. The standard InChI is InChI=1S/C42H43N5/c1-29-22-41(30(2)21-39(29)45-35-15-7-5-8-16-35)47(38-20-12-14-34(26-38)28-44)42-24-31(3)40(23-32(42)4)46(36-17-9-6-10-18-36)37-19-11-13-33(25-37)27-43/h5-26,45H,27-28,43-44H2,1-4H3. The van der Waals surface area contributed by atoms with E-state index in [2.05, 4.69) is 158 Å². The first-order valence-electron chi connectivity index (χ1n) is 16.1. The number of nitrogens with two attached hydrogens (primary N) is 2. The zero-order valence-electron chi connectivity index (χ0n) is 27.7. The smallest absolute Gasteiger partial charge is 0.0495 e. The summed E-state index contributed by atoms with van der Waals surface area (Å²) in [5.41, 5.74) is 27.8. The summed E-state index contributed by atoms with van der Waals surface area (Å²) in [7, 11) is 0. The number of hydrogen-bond acceptors (Lipinski definition) is 5. The number of aryl methyl sites for hydroxylation is 4. The van der Waals surface area contributed by atoms with Gasteiger partial charge in [-0.1, -0.05) is 60.7 Å². The molecule has 0 amide bonds. The van der Waals surface area contributed by atoms with Crippen LogP contribution < -0.4 is 26.6 Å². The Bertz CT molecular complexity index is 1990. The highest BCUT2D eigenvalue weighted by molar-refractivity contribution is 5.86. The number of benzene rings is 6. The highest BCUT2D eigenvalue weighted by Gasteiger charge is 2.22. The number of nitrogens with zero attached hydrogens (tertiary/aromatic N) is 2. The number of anilines is 8. The molecule has 0 aliphatic carbocycles. The zero-order chi connectivity index (χ0) is 32.9. The first-order valence-corrected chi connectivity index (χ1v) is 16.1. The van der Waals surface area contributed by atoms with Crippen LogP contribution in [-0.4, -0.2) is 0 Å². The van der Waals surface area contributed by atoms with Crippen LogP contribution in [0, 0.1) is 27.7 Å². The molecule has 5 nitrogen and oxygen atoms in total. The molecule has 0 saturated carbocycles. The molecule has 0 spiro atoms. The summed E-state index contributed by atoms with van der Waals surface area (Å²) in [5, 5.41) is 3.61. The fourth-order valence-corrected chi connectivity index (χ4v) is 6.18. The SMILES string of the molecule is Cc1cc(N(c2cccc(CN)c2)c2cc(C)c(N(c3ccccc3)c3cccc(CN)c3)cc2C)c(C)cc1Nc1ccccc1. The van der Waals surface area contributed by atoms with E-state index in [1.165, 1.54) is 0 Å². The van der Waals surface area contributed by atoms with Gasteiger partial charge in [0.2, 0.25) is 0 Å². The van der Waals surface area contributed by atoms with E-state index in [4.69, 9.17) is 11.5 Å². The second-order valence-electron chi connectivity index (χ2n) is 12.1. The highest BCUT2D eigenvalue weighted by atomic mass is 15.2. The van der Waals surface area contributed by atoms with E-state index in [9.17, 15) is 0 Å². The molecular formula is C42H43N5. The number of para-hydroxylation sites is 2. The molecule has 5 N–H and O–H groups in total. The van der Waals surface area contributed by atoms with Crippen LogP contribution in [0.3, 0.4) is 0 Å². The Morgan fingerprint density at radius 3 is 1.45 bits per heavy atom. The maximum Gasteiger partial charge on any atom is 0.0495 e. The lowest BCUT2D eigenvalue weighted by Gasteiger charge is -2.32. The Kier molecular flexibility index (Phi) is 9.39. The summed E-state index contributed by atoms with van der Waals surface area (Å²) in [6.07, 6.45) is 0. The zero-order valence-corrected chi connectivity index (χ0v) is 27.7. The molecule has 0 fully saturated rings. The van der Waals surface area contributed by atoms with Crippen molar-refractivity contribution in [1.82, 2.24) is 0 Å². The van der Waals surface area contributed by atoms with Crippen molar-refractivity contribution in [3.05, 3.63) is 167 Å². The molecule has 0 unspecified atom stereocenters. The van der Waals surface area contributed by atoms with Crippen LogP contribution in [0.2, 0.25) is 0 Å². The van der Waals surface area contributed by atoms with Crippen LogP contribution in [0.25, 0.3) is 0 Å². The van der Waals surface area contributed by atoms with Crippen LogP contribution in [0.4, 0.5) is 45.5 Å². The van der Waals surface area contributed by atoms with Gasteiger partial charge in [-0.3, -0.25) is 0 Å². The van der Waals surface area contributed by atoms with E-state index in [-0.39, 0.29) is 0 Å². The summed E-state index contributed by atoms with van der Waals surface area (Å²) in [5.74, 6) is 0. The predicted octanol–water partition coefficient (Wildman–Crippen LogP) is 10.5. The van der Waals surface area contributed by atoms with Crippen LogP contribution in [-0.2, 0) is 13.1 Å². The van der Waals surface area contributed by atoms with Crippen LogP contribution in [0.15, 0.2) is 133 Å². The Morgan fingerprint density at radius 1 is 0.447 bits per heavy atom. The second-order valence-corrected chi connectivity index (χ2v) is 12.1. The molecule has 0 aliphatic heterocycles. The third kappa shape index (κ3) is 6.77. The van der Waals surface area contributed by atoms with Gasteiger partial charge < -0.3 is 26.6 Å². The fraction of sp³-hybridized carbons (Fsp3) is 0.143. The summed E-state index contributed by atoms with van der Waals surface area (Å²) in [4.78, 5) is 4.70. The maximum absolute atomic E-state index is 6.14. The molecule has 0 atom stereocenters. The van der Waals surface area contributed by atoms with Gasteiger partial charge in [0.15, 0.2) is 0 Å². The third-order valence-corrected chi connectivity index (χ3v) is 8.66. The van der Waals surface area contributed by atoms with Gasteiger partial charge in [0, 0.05) is 58.6 Å². The van der Waals surface area contributed by atoms with Gasteiger partial charge in [-0.25, -0.2) is 0 Å². The van der Waals surface area contributed by atoms with E-state index in [0.29, 0.717) is 13.1 Å². The first kappa shape index (κ1) is 31.6. The van der Waals surface area contributed by atoms with Gasteiger partial charge in [-0.05, 0) is 134 Å². The van der Waals surface area contributed by atoms with Crippen molar-refractivity contribution in [2.75, 3.05) is 15.1 Å². The van der Waals surface area contributed by atoms with Crippen molar-refractivity contribution < 1.29 is 0 Å². The van der Waals surface area contributed by atoms with Crippen LogP contribution in [0.5, 0.6) is 0 Å². The molecule has 6 rings (SSSR count). The van der Waals surface area contributed by atoms with Crippen molar-refractivity contribution in [2.45, 2.75) is 40.8 Å². The maximum atomic E-state index is 6.14. The minimum absolute atomic E-state index is 0.477.